The Kier molecular flexibility index (Phi) is 13.3. The molecule has 1 saturated heterocycles. The first-order chi connectivity index (χ1) is 23.3. The molecule has 1 aliphatic heterocycles. The molecule has 2 aromatic carbocycles. The number of benzene rings is 2. The van der Waals surface area contributed by atoms with Crippen molar-refractivity contribution in [1.29, 1.82) is 0 Å². The number of hydrogen-bond donors (Lipinski definition) is 0. The molecule has 1 saturated carbocycles. The number of esters is 1. The molecule has 0 N–H and O–H groups in total. The second-order valence-corrected chi connectivity index (χ2v) is 11.8. The molecule has 1 heterocycles. The van der Waals surface area contributed by atoms with Crippen molar-refractivity contribution < 1.29 is 28.5 Å². The molecule has 1 amide bonds. The van der Waals surface area contributed by atoms with Crippen LogP contribution in [0.15, 0.2) is 76.0 Å². The van der Waals surface area contributed by atoms with E-state index in [9.17, 15) is 20.7 Å². The molecule has 1 unspecified atom stereocenters. The van der Waals surface area contributed by atoms with E-state index in [1.807, 2.05) is 67.6 Å². The van der Waals surface area contributed by atoms with Crippen LogP contribution in [-0.4, -0.2) is 65.7 Å². The van der Waals surface area contributed by atoms with E-state index in [0.29, 0.717) is 19.3 Å². The summed E-state index contributed by atoms with van der Waals surface area (Å²) in [6.45, 7) is 5.28. The molecular weight excluding hydrogens is 620 g/mol. The van der Waals surface area contributed by atoms with Crippen LogP contribution in [0.4, 0.5) is 4.79 Å². The summed E-state index contributed by atoms with van der Waals surface area (Å²) < 4.78 is 24.4. The molecule has 48 heavy (non-hydrogen) atoms. The van der Waals surface area contributed by atoms with E-state index in [-0.39, 0.29) is 19.6 Å². The lowest BCUT2D eigenvalue weighted by atomic mass is 9.79. The standard InChI is InChI=1S/C32H40N10O6/c1-4-27(42(18-22-11-7-5-8-12-22)32(44)45-19-23-13-9-6-10-14-23)28-16-15-24(36-39-33)31(47-28)48-30-26(38-41-35)17-25(37-40-34)20(2)29(30)46-21(3)43/h5-14,20,24-31H,4,15-19H2,1-3H3/t20-,24?,25+,26-,27-,28-,29+,30+,31+/m0/s1. The minimum absolute atomic E-state index is 0.0899. The highest BCUT2D eigenvalue weighted by Gasteiger charge is 2.48. The number of ether oxygens (including phenoxy) is 4. The molecule has 0 spiro atoms. The van der Waals surface area contributed by atoms with Crippen molar-refractivity contribution in [3.05, 3.63) is 103 Å². The van der Waals surface area contributed by atoms with Crippen LogP contribution >= 0.6 is 0 Å². The summed E-state index contributed by atoms with van der Waals surface area (Å²) in [4.78, 5) is 36.4. The first-order valence-corrected chi connectivity index (χ1v) is 15.9. The van der Waals surface area contributed by atoms with E-state index < -0.39 is 66.7 Å². The number of hydrogen-bond acceptors (Lipinski definition) is 9. The molecule has 0 radical (unpaired) electrons. The Balaban J connectivity index is 1.63. The van der Waals surface area contributed by atoms with Crippen LogP contribution in [0, 0.1) is 5.92 Å². The van der Waals surface area contributed by atoms with Gasteiger partial charge in [-0.1, -0.05) is 89.9 Å². The highest BCUT2D eigenvalue weighted by molar-refractivity contribution is 5.68. The monoisotopic (exact) mass is 660 g/mol. The molecule has 254 valence electrons. The summed E-state index contributed by atoms with van der Waals surface area (Å²) in [5.41, 5.74) is 29.6. The highest BCUT2D eigenvalue weighted by Crippen LogP contribution is 2.37. The Morgan fingerprint density at radius 2 is 1.50 bits per heavy atom. The topological polar surface area (TPSA) is 221 Å². The van der Waals surface area contributed by atoms with Crippen LogP contribution in [0.5, 0.6) is 0 Å². The normalized spacial score (nSPS) is 27.1. The fraction of sp³-hybridized carbons (Fsp3) is 0.562. The zero-order valence-corrected chi connectivity index (χ0v) is 27.1. The van der Waals surface area contributed by atoms with Crippen LogP contribution in [0.1, 0.15) is 57.6 Å². The summed E-state index contributed by atoms with van der Waals surface area (Å²) >= 11 is 0. The average molecular weight is 661 g/mol. The fourth-order valence-corrected chi connectivity index (χ4v) is 6.39. The Bertz CT molecular complexity index is 1510. The second kappa shape index (κ2) is 17.8. The van der Waals surface area contributed by atoms with Crippen molar-refractivity contribution in [3.63, 3.8) is 0 Å². The van der Waals surface area contributed by atoms with E-state index in [4.69, 9.17) is 24.5 Å². The van der Waals surface area contributed by atoms with Crippen LogP contribution in [0.25, 0.3) is 31.3 Å². The molecule has 16 heteroatoms. The molecule has 4 rings (SSSR count). The SMILES string of the molecule is CC[C@@H]([C@@H]1CCC(N=[N+]=[N-])[C@@H](O[C@H]2[C@H](OC(C)=O)[C@@H](C)[C@H](N=[N+]=[N-])C[C@@H]2N=[N+]=[N-])O1)N(Cc1ccccc1)C(=O)OCc1ccccc1. The molecule has 2 fully saturated rings. The summed E-state index contributed by atoms with van der Waals surface area (Å²) in [6, 6.07) is 16.1. The smallest absolute Gasteiger partial charge is 0.410 e. The minimum Gasteiger partial charge on any atom is -0.459 e. The van der Waals surface area contributed by atoms with Crippen molar-refractivity contribution in [2.45, 2.75) is 108 Å². The summed E-state index contributed by atoms with van der Waals surface area (Å²) in [5.74, 6) is -1.10. The van der Waals surface area contributed by atoms with Gasteiger partial charge in [-0.25, -0.2) is 4.79 Å². The number of carbonyl (C=O) groups excluding carboxylic acids is 2. The number of carbonyl (C=O) groups is 2. The lowest BCUT2D eigenvalue weighted by Crippen LogP contribution is -2.57. The largest absolute Gasteiger partial charge is 0.459 e. The fourth-order valence-electron chi connectivity index (χ4n) is 6.39. The number of amides is 1. The van der Waals surface area contributed by atoms with Crippen LogP contribution in [-0.2, 0) is 36.9 Å². The number of rotatable bonds is 13. The van der Waals surface area contributed by atoms with Gasteiger partial charge in [0.1, 0.15) is 18.8 Å². The third-order valence-electron chi connectivity index (χ3n) is 8.76. The Morgan fingerprint density at radius 1 is 0.896 bits per heavy atom. The maximum absolute atomic E-state index is 13.7. The Hall–Kier alpha value is -4.97. The zero-order valence-electron chi connectivity index (χ0n) is 27.1. The molecule has 9 atom stereocenters. The van der Waals surface area contributed by atoms with Gasteiger partial charge in [0.25, 0.3) is 0 Å². The summed E-state index contributed by atoms with van der Waals surface area (Å²) in [7, 11) is 0. The van der Waals surface area contributed by atoms with Crippen molar-refractivity contribution >= 4 is 12.1 Å². The van der Waals surface area contributed by atoms with Gasteiger partial charge in [0.2, 0.25) is 0 Å². The average Bonchev–Trinajstić information content (AvgIpc) is 3.09. The van der Waals surface area contributed by atoms with Crippen LogP contribution in [0.2, 0.25) is 0 Å². The first-order valence-electron chi connectivity index (χ1n) is 15.9. The summed E-state index contributed by atoms with van der Waals surface area (Å²) in [6.07, 6.45) is -2.77. The predicted molar refractivity (Wildman–Crippen MR) is 174 cm³/mol. The maximum atomic E-state index is 13.7. The molecular formula is C32H40N10O6. The van der Waals surface area contributed by atoms with Gasteiger partial charge in [-0.15, -0.1) is 0 Å². The van der Waals surface area contributed by atoms with Gasteiger partial charge in [0.05, 0.1) is 24.2 Å². The number of azide groups is 3. The van der Waals surface area contributed by atoms with Gasteiger partial charge in [-0.05, 0) is 53.4 Å². The van der Waals surface area contributed by atoms with Crippen molar-refractivity contribution in [2.24, 2.45) is 21.3 Å². The van der Waals surface area contributed by atoms with Gasteiger partial charge in [-0.2, -0.15) is 0 Å². The predicted octanol–water partition coefficient (Wildman–Crippen LogP) is 7.50. The molecule has 1 aliphatic carbocycles. The van der Waals surface area contributed by atoms with E-state index in [0.717, 1.165) is 11.1 Å². The molecule has 16 nitrogen and oxygen atoms in total. The summed E-state index contributed by atoms with van der Waals surface area (Å²) in [5, 5.41) is 11.7. The zero-order chi connectivity index (χ0) is 34.5. The highest BCUT2D eigenvalue weighted by atomic mass is 16.7. The molecule has 0 aromatic heterocycles. The Labute approximate surface area is 278 Å². The molecule has 2 aromatic rings. The van der Waals surface area contributed by atoms with Gasteiger partial charge >= 0.3 is 12.1 Å². The van der Waals surface area contributed by atoms with Crippen molar-refractivity contribution in [3.8, 4) is 0 Å². The van der Waals surface area contributed by atoms with E-state index in [1.54, 1.807) is 11.8 Å². The van der Waals surface area contributed by atoms with E-state index in [2.05, 4.69) is 30.1 Å². The minimum atomic E-state index is -1.14. The van der Waals surface area contributed by atoms with E-state index in [1.165, 1.54) is 6.92 Å². The first kappa shape index (κ1) is 35.9. The quantitative estimate of drug-likeness (QED) is 0.0914. The second-order valence-electron chi connectivity index (χ2n) is 11.8. The third kappa shape index (κ3) is 9.31. The van der Waals surface area contributed by atoms with Crippen LogP contribution in [0.3, 0.4) is 0 Å². The molecule has 0 bridgehead atoms. The van der Waals surface area contributed by atoms with Gasteiger partial charge in [0.15, 0.2) is 6.29 Å². The van der Waals surface area contributed by atoms with E-state index >= 15 is 0 Å². The lowest BCUT2D eigenvalue weighted by molar-refractivity contribution is -0.258. The lowest BCUT2D eigenvalue weighted by Gasteiger charge is -2.46. The van der Waals surface area contributed by atoms with Gasteiger partial charge in [-0.3, -0.25) is 9.69 Å². The van der Waals surface area contributed by atoms with Gasteiger partial charge < -0.3 is 18.9 Å². The van der Waals surface area contributed by atoms with Crippen LogP contribution < -0.4 is 0 Å². The van der Waals surface area contributed by atoms with Gasteiger partial charge in [0, 0.05) is 40.2 Å². The molecule has 2 aliphatic rings. The maximum Gasteiger partial charge on any atom is 0.410 e. The Morgan fingerprint density at radius 3 is 2.10 bits per heavy atom. The third-order valence-corrected chi connectivity index (χ3v) is 8.76. The van der Waals surface area contributed by atoms with Crippen molar-refractivity contribution in [1.82, 2.24) is 4.90 Å². The number of nitrogens with zero attached hydrogens (tertiary/aromatic N) is 10. The van der Waals surface area contributed by atoms with Crippen molar-refractivity contribution in [2.75, 3.05) is 0 Å².